The second-order valence-electron chi connectivity index (χ2n) is 2.85. The van der Waals surface area contributed by atoms with Gasteiger partial charge in [0.25, 0.3) is 0 Å². The summed E-state index contributed by atoms with van der Waals surface area (Å²) in [6.45, 7) is 6.17. The third-order valence-electron chi connectivity index (χ3n) is 1.62. The van der Waals surface area contributed by atoms with Crippen molar-refractivity contribution in [3.05, 3.63) is 0 Å². The molecule has 0 radical (unpaired) electrons. The Bertz CT molecular complexity index is 139. The number of carbonyl (C=O) groups is 1. The maximum absolute atomic E-state index is 11.1. The van der Waals surface area contributed by atoms with E-state index < -0.39 is 0 Å². The summed E-state index contributed by atoms with van der Waals surface area (Å²) in [7, 11) is 1.65. The molecule has 0 heterocycles. The zero-order valence-corrected chi connectivity index (χ0v) is 8.63. The van der Waals surface area contributed by atoms with Gasteiger partial charge in [-0.2, -0.15) is 0 Å². The van der Waals surface area contributed by atoms with Crippen molar-refractivity contribution in [2.24, 2.45) is 5.92 Å². The minimum absolute atomic E-state index is 0.0863. The number of esters is 1. The maximum Gasteiger partial charge on any atom is 0.309 e. The van der Waals surface area contributed by atoms with E-state index in [-0.39, 0.29) is 11.9 Å². The molecule has 13 heavy (non-hydrogen) atoms. The Morgan fingerprint density at radius 1 is 1.54 bits per heavy atom. The minimum atomic E-state index is -0.146. The van der Waals surface area contributed by atoms with Gasteiger partial charge in [0.05, 0.1) is 19.1 Å². The van der Waals surface area contributed by atoms with Crippen LogP contribution in [0.5, 0.6) is 0 Å². The quantitative estimate of drug-likeness (QED) is 0.466. The van der Waals surface area contributed by atoms with Crippen LogP contribution >= 0.6 is 0 Å². The summed E-state index contributed by atoms with van der Waals surface area (Å²) in [5, 5.41) is 3.10. The average molecular weight is 189 g/mol. The number of hydrogen-bond acceptors (Lipinski definition) is 4. The number of methoxy groups -OCH3 is 1. The van der Waals surface area contributed by atoms with Crippen molar-refractivity contribution in [1.29, 1.82) is 0 Å². The topological polar surface area (TPSA) is 47.6 Å². The van der Waals surface area contributed by atoms with E-state index in [0.29, 0.717) is 19.8 Å². The smallest absolute Gasteiger partial charge is 0.309 e. The highest BCUT2D eigenvalue weighted by atomic mass is 16.5. The predicted molar refractivity (Wildman–Crippen MR) is 50.5 cm³/mol. The van der Waals surface area contributed by atoms with E-state index in [0.717, 1.165) is 6.54 Å². The first-order valence-corrected chi connectivity index (χ1v) is 4.58. The van der Waals surface area contributed by atoms with Gasteiger partial charge in [0, 0.05) is 20.2 Å². The van der Waals surface area contributed by atoms with Gasteiger partial charge in [-0.1, -0.05) is 6.92 Å². The lowest BCUT2D eigenvalue weighted by Gasteiger charge is -2.10. The molecule has 0 amide bonds. The molecule has 1 atom stereocenters. The molecule has 0 aliphatic heterocycles. The van der Waals surface area contributed by atoms with Crippen LogP contribution in [0.15, 0.2) is 0 Å². The first-order chi connectivity index (χ1) is 6.22. The molecule has 0 aromatic heterocycles. The predicted octanol–water partition coefficient (Wildman–Crippen LogP) is 0.422. The lowest BCUT2D eigenvalue weighted by molar-refractivity contribution is -0.147. The average Bonchev–Trinajstić information content (AvgIpc) is 2.12. The molecule has 0 bridgehead atoms. The van der Waals surface area contributed by atoms with Crippen LogP contribution in [0.2, 0.25) is 0 Å². The first-order valence-electron chi connectivity index (χ1n) is 4.58. The molecule has 0 aromatic carbocycles. The number of nitrogens with one attached hydrogen (secondary N) is 1. The summed E-state index contributed by atoms with van der Waals surface area (Å²) in [4.78, 5) is 11.1. The summed E-state index contributed by atoms with van der Waals surface area (Å²) in [6, 6.07) is 0. The molecule has 1 unspecified atom stereocenters. The van der Waals surface area contributed by atoms with E-state index in [1.54, 1.807) is 7.11 Å². The van der Waals surface area contributed by atoms with Gasteiger partial charge in [0.1, 0.15) is 0 Å². The van der Waals surface area contributed by atoms with Crippen LogP contribution < -0.4 is 5.32 Å². The largest absolute Gasteiger partial charge is 0.466 e. The first kappa shape index (κ1) is 12.4. The third kappa shape index (κ3) is 6.54. The Morgan fingerprint density at radius 2 is 2.23 bits per heavy atom. The van der Waals surface area contributed by atoms with Crippen molar-refractivity contribution in [1.82, 2.24) is 5.32 Å². The zero-order chi connectivity index (χ0) is 10.1. The SMILES string of the molecule is CCOC(=O)C(C)CNCCOC. The van der Waals surface area contributed by atoms with Gasteiger partial charge in [-0.25, -0.2) is 0 Å². The van der Waals surface area contributed by atoms with Crippen LogP contribution in [-0.4, -0.2) is 39.4 Å². The van der Waals surface area contributed by atoms with Gasteiger partial charge in [-0.3, -0.25) is 4.79 Å². The fraction of sp³-hybridized carbons (Fsp3) is 0.889. The molecule has 0 spiro atoms. The van der Waals surface area contributed by atoms with Gasteiger partial charge in [0.15, 0.2) is 0 Å². The van der Waals surface area contributed by atoms with Crippen molar-refractivity contribution in [3.8, 4) is 0 Å². The van der Waals surface area contributed by atoms with E-state index in [1.807, 2.05) is 13.8 Å². The van der Waals surface area contributed by atoms with E-state index in [1.165, 1.54) is 0 Å². The van der Waals surface area contributed by atoms with E-state index >= 15 is 0 Å². The number of carbonyl (C=O) groups excluding carboxylic acids is 1. The Balaban J connectivity index is 3.38. The number of hydrogen-bond donors (Lipinski definition) is 1. The second-order valence-corrected chi connectivity index (χ2v) is 2.85. The fourth-order valence-electron chi connectivity index (χ4n) is 0.861. The summed E-state index contributed by atoms with van der Waals surface area (Å²) < 4.78 is 9.70. The molecule has 0 rings (SSSR count). The highest BCUT2D eigenvalue weighted by Gasteiger charge is 2.12. The Morgan fingerprint density at radius 3 is 2.77 bits per heavy atom. The molecule has 4 heteroatoms. The summed E-state index contributed by atoms with van der Waals surface area (Å²) >= 11 is 0. The van der Waals surface area contributed by atoms with Gasteiger partial charge >= 0.3 is 5.97 Å². The normalized spacial score (nSPS) is 12.5. The minimum Gasteiger partial charge on any atom is -0.466 e. The van der Waals surface area contributed by atoms with E-state index in [9.17, 15) is 4.79 Å². The van der Waals surface area contributed by atoms with Crippen molar-refractivity contribution in [2.45, 2.75) is 13.8 Å². The Labute approximate surface area is 79.6 Å². The number of ether oxygens (including phenoxy) is 2. The molecule has 0 fully saturated rings. The van der Waals surface area contributed by atoms with Crippen LogP contribution in [0, 0.1) is 5.92 Å². The molecule has 1 N–H and O–H groups in total. The highest BCUT2D eigenvalue weighted by molar-refractivity contribution is 5.72. The van der Waals surface area contributed by atoms with E-state index in [4.69, 9.17) is 9.47 Å². The summed E-state index contributed by atoms with van der Waals surface area (Å²) in [5.74, 6) is -0.232. The van der Waals surface area contributed by atoms with Gasteiger partial charge in [-0.05, 0) is 6.92 Å². The van der Waals surface area contributed by atoms with Gasteiger partial charge < -0.3 is 14.8 Å². The molecule has 4 nitrogen and oxygen atoms in total. The fourth-order valence-corrected chi connectivity index (χ4v) is 0.861. The molecular weight excluding hydrogens is 170 g/mol. The maximum atomic E-state index is 11.1. The Kier molecular flexibility index (Phi) is 7.63. The van der Waals surface area contributed by atoms with Crippen molar-refractivity contribution >= 4 is 5.97 Å². The molecule has 0 aromatic rings. The lowest BCUT2D eigenvalue weighted by Crippen LogP contribution is -2.29. The summed E-state index contributed by atoms with van der Waals surface area (Å²) in [5.41, 5.74) is 0. The summed E-state index contributed by atoms with van der Waals surface area (Å²) in [6.07, 6.45) is 0. The van der Waals surface area contributed by atoms with Gasteiger partial charge in [0.2, 0.25) is 0 Å². The Hall–Kier alpha value is -0.610. The van der Waals surface area contributed by atoms with Crippen LogP contribution in [-0.2, 0) is 14.3 Å². The van der Waals surface area contributed by atoms with Gasteiger partial charge in [-0.15, -0.1) is 0 Å². The van der Waals surface area contributed by atoms with Crippen LogP contribution in [0.4, 0.5) is 0 Å². The molecule has 0 saturated heterocycles. The zero-order valence-electron chi connectivity index (χ0n) is 8.63. The molecular formula is C9H19NO3. The van der Waals surface area contributed by atoms with Crippen molar-refractivity contribution in [3.63, 3.8) is 0 Å². The van der Waals surface area contributed by atoms with Crippen molar-refractivity contribution < 1.29 is 14.3 Å². The molecule has 78 valence electrons. The third-order valence-corrected chi connectivity index (χ3v) is 1.62. The number of rotatable bonds is 7. The monoisotopic (exact) mass is 189 g/mol. The molecule has 0 saturated carbocycles. The standard InChI is InChI=1S/C9H19NO3/c1-4-13-9(11)8(2)7-10-5-6-12-3/h8,10H,4-7H2,1-3H3. The van der Waals surface area contributed by atoms with Crippen LogP contribution in [0.1, 0.15) is 13.8 Å². The second kappa shape index (κ2) is 8.01. The highest BCUT2D eigenvalue weighted by Crippen LogP contribution is 1.95. The lowest BCUT2D eigenvalue weighted by atomic mass is 10.2. The van der Waals surface area contributed by atoms with Crippen LogP contribution in [0.25, 0.3) is 0 Å². The van der Waals surface area contributed by atoms with E-state index in [2.05, 4.69) is 5.32 Å². The molecule has 0 aliphatic carbocycles. The van der Waals surface area contributed by atoms with Crippen molar-refractivity contribution in [2.75, 3.05) is 33.4 Å². The van der Waals surface area contributed by atoms with Crippen LogP contribution in [0.3, 0.4) is 0 Å². The molecule has 0 aliphatic rings.